The third kappa shape index (κ3) is 2.30. The summed E-state index contributed by atoms with van der Waals surface area (Å²) in [7, 11) is 0. The van der Waals surface area contributed by atoms with Gasteiger partial charge in [-0.2, -0.15) is 5.10 Å². The number of aromatic nitrogens is 3. The van der Waals surface area contributed by atoms with Crippen LogP contribution >= 0.6 is 22.6 Å². The van der Waals surface area contributed by atoms with E-state index in [1.54, 1.807) is 12.4 Å². The Morgan fingerprint density at radius 3 is 2.72 bits per heavy atom. The first-order valence-electron chi connectivity index (χ1n) is 4.57. The van der Waals surface area contributed by atoms with Crippen molar-refractivity contribution in [3.05, 3.63) is 43.9 Å². The van der Waals surface area contributed by atoms with E-state index in [0.29, 0.717) is 0 Å². The van der Waals surface area contributed by atoms with Gasteiger partial charge in [-0.25, -0.2) is 14.5 Å². The van der Waals surface area contributed by atoms with Crippen LogP contribution in [0.3, 0.4) is 0 Å². The highest BCUT2D eigenvalue weighted by Gasteiger charge is 2.21. The average molecular weight is 360 g/mol. The molecule has 92 valence electrons. The van der Waals surface area contributed by atoms with E-state index in [9.17, 15) is 14.9 Å². The van der Waals surface area contributed by atoms with Crippen molar-refractivity contribution < 1.29 is 14.8 Å². The van der Waals surface area contributed by atoms with E-state index in [2.05, 4.69) is 10.1 Å². The van der Waals surface area contributed by atoms with Crippen LogP contribution in [0.1, 0.15) is 10.4 Å². The van der Waals surface area contributed by atoms with Gasteiger partial charge in [0.1, 0.15) is 11.8 Å². The van der Waals surface area contributed by atoms with Gasteiger partial charge < -0.3 is 5.11 Å². The molecular formula is C9H5IN4O4. The van der Waals surface area contributed by atoms with E-state index in [0.717, 1.165) is 15.8 Å². The zero-order valence-electron chi connectivity index (χ0n) is 8.65. The summed E-state index contributed by atoms with van der Waals surface area (Å²) < 4.78 is 2.18. The third-order valence-electron chi connectivity index (χ3n) is 2.08. The fraction of sp³-hybridized carbons (Fsp3) is 0. The lowest BCUT2D eigenvalue weighted by molar-refractivity contribution is -0.385. The van der Waals surface area contributed by atoms with Crippen LogP contribution in [0, 0.1) is 13.7 Å². The first-order chi connectivity index (χ1) is 8.49. The maximum atomic E-state index is 11.0. The Morgan fingerprint density at radius 1 is 1.50 bits per heavy atom. The minimum atomic E-state index is -1.38. The van der Waals surface area contributed by atoms with Crippen molar-refractivity contribution in [1.82, 2.24) is 14.8 Å². The van der Waals surface area contributed by atoms with Crippen LogP contribution in [0.2, 0.25) is 0 Å². The van der Waals surface area contributed by atoms with Gasteiger partial charge in [-0.1, -0.05) is 0 Å². The Labute approximate surface area is 114 Å². The lowest BCUT2D eigenvalue weighted by Gasteiger charge is -2.02. The molecule has 8 nitrogen and oxygen atoms in total. The standard InChI is InChI=1S/C9H5IN4O4/c10-5-2-12-13(4-5)8-1-6(9(15)16)7(3-11-8)14(17)18/h1-4H,(H,15,16). The molecule has 2 aromatic heterocycles. The van der Waals surface area contributed by atoms with Gasteiger partial charge in [-0.15, -0.1) is 0 Å². The normalized spacial score (nSPS) is 10.3. The van der Waals surface area contributed by atoms with E-state index in [1.165, 1.54) is 4.68 Å². The molecule has 1 N–H and O–H groups in total. The highest BCUT2D eigenvalue weighted by atomic mass is 127. The maximum absolute atomic E-state index is 11.0. The second-order valence-corrected chi connectivity index (χ2v) is 4.47. The summed E-state index contributed by atoms with van der Waals surface area (Å²) in [4.78, 5) is 24.6. The molecule has 0 saturated carbocycles. The monoisotopic (exact) mass is 360 g/mol. The highest BCUT2D eigenvalue weighted by molar-refractivity contribution is 14.1. The lowest BCUT2D eigenvalue weighted by atomic mass is 10.2. The summed E-state index contributed by atoms with van der Waals surface area (Å²) in [5.74, 6) is -1.17. The van der Waals surface area contributed by atoms with Gasteiger partial charge in [-0.05, 0) is 22.6 Å². The molecule has 0 spiro atoms. The average Bonchev–Trinajstić information content (AvgIpc) is 2.75. The number of hydrogen-bond donors (Lipinski definition) is 1. The molecule has 0 amide bonds. The van der Waals surface area contributed by atoms with Crippen molar-refractivity contribution in [3.63, 3.8) is 0 Å². The molecule has 0 aromatic carbocycles. The Morgan fingerprint density at radius 2 is 2.22 bits per heavy atom. The van der Waals surface area contributed by atoms with Gasteiger partial charge >= 0.3 is 11.7 Å². The second kappa shape index (κ2) is 4.68. The fourth-order valence-corrected chi connectivity index (χ4v) is 1.69. The van der Waals surface area contributed by atoms with Crippen LogP contribution in [-0.2, 0) is 0 Å². The van der Waals surface area contributed by atoms with E-state index in [-0.39, 0.29) is 5.82 Å². The molecule has 9 heteroatoms. The summed E-state index contributed by atoms with van der Waals surface area (Å²) in [6, 6.07) is 1.11. The highest BCUT2D eigenvalue weighted by Crippen LogP contribution is 2.19. The Hall–Kier alpha value is -2.04. The topological polar surface area (TPSA) is 111 Å². The van der Waals surface area contributed by atoms with Gasteiger partial charge in [0.05, 0.1) is 14.7 Å². The number of aromatic carboxylic acids is 1. The van der Waals surface area contributed by atoms with Gasteiger partial charge in [0, 0.05) is 12.3 Å². The lowest BCUT2D eigenvalue weighted by Crippen LogP contribution is -2.07. The SMILES string of the molecule is O=C(O)c1cc(-n2cc(I)cn2)ncc1[N+](=O)[O-]. The molecule has 0 aliphatic carbocycles. The van der Waals surface area contributed by atoms with E-state index in [4.69, 9.17) is 5.11 Å². The van der Waals surface area contributed by atoms with Crippen molar-refractivity contribution in [1.29, 1.82) is 0 Å². The number of rotatable bonds is 3. The number of nitro groups is 1. The number of carboxylic acids is 1. The zero-order valence-corrected chi connectivity index (χ0v) is 10.8. The molecular weight excluding hydrogens is 355 g/mol. The summed E-state index contributed by atoms with van der Waals surface area (Å²) >= 11 is 2.03. The Kier molecular flexibility index (Phi) is 3.23. The smallest absolute Gasteiger partial charge is 0.342 e. The van der Waals surface area contributed by atoms with Crippen molar-refractivity contribution in [3.8, 4) is 5.82 Å². The van der Waals surface area contributed by atoms with Gasteiger partial charge in [0.2, 0.25) is 0 Å². The zero-order chi connectivity index (χ0) is 13.3. The van der Waals surface area contributed by atoms with E-state index < -0.39 is 22.1 Å². The van der Waals surface area contributed by atoms with Crippen molar-refractivity contribution in [2.45, 2.75) is 0 Å². The van der Waals surface area contributed by atoms with Crippen LogP contribution in [0.5, 0.6) is 0 Å². The van der Waals surface area contributed by atoms with Crippen LogP contribution in [0.15, 0.2) is 24.7 Å². The maximum Gasteiger partial charge on any atom is 0.342 e. The predicted octanol–water partition coefficient (Wildman–Crippen LogP) is 1.48. The fourth-order valence-electron chi connectivity index (χ4n) is 1.31. The molecule has 2 aromatic rings. The first-order valence-corrected chi connectivity index (χ1v) is 5.65. The largest absolute Gasteiger partial charge is 0.477 e. The van der Waals surface area contributed by atoms with E-state index >= 15 is 0 Å². The molecule has 0 saturated heterocycles. The van der Waals surface area contributed by atoms with E-state index in [1.807, 2.05) is 22.6 Å². The molecule has 0 atom stereocenters. The molecule has 0 fully saturated rings. The number of nitrogens with zero attached hydrogens (tertiary/aromatic N) is 4. The van der Waals surface area contributed by atoms with Gasteiger partial charge in [-0.3, -0.25) is 10.1 Å². The van der Waals surface area contributed by atoms with Crippen molar-refractivity contribution in [2.75, 3.05) is 0 Å². The summed E-state index contributed by atoms with van der Waals surface area (Å²) in [6.07, 6.45) is 4.10. The predicted molar refractivity (Wildman–Crippen MR) is 67.7 cm³/mol. The number of pyridine rings is 1. The summed E-state index contributed by atoms with van der Waals surface area (Å²) in [5.41, 5.74) is -0.969. The number of carboxylic acid groups (broad SMARTS) is 1. The summed E-state index contributed by atoms with van der Waals surface area (Å²) in [6.45, 7) is 0. The molecule has 0 bridgehead atoms. The molecule has 0 radical (unpaired) electrons. The molecule has 0 aliphatic rings. The molecule has 0 unspecified atom stereocenters. The number of hydrogen-bond acceptors (Lipinski definition) is 5. The molecule has 2 heterocycles. The Balaban J connectivity index is 2.56. The van der Waals surface area contributed by atoms with Crippen LogP contribution in [0.25, 0.3) is 5.82 Å². The Bertz CT molecular complexity index is 639. The quantitative estimate of drug-likeness (QED) is 0.504. The molecule has 0 aliphatic heterocycles. The molecule has 2 rings (SSSR count). The van der Waals surface area contributed by atoms with Crippen LogP contribution < -0.4 is 0 Å². The minimum Gasteiger partial charge on any atom is -0.477 e. The van der Waals surface area contributed by atoms with Gasteiger partial charge in [0.25, 0.3) is 0 Å². The van der Waals surface area contributed by atoms with Crippen LogP contribution in [0.4, 0.5) is 5.69 Å². The second-order valence-electron chi connectivity index (χ2n) is 3.23. The first kappa shape index (κ1) is 12.4. The minimum absolute atomic E-state index is 0.209. The summed E-state index contributed by atoms with van der Waals surface area (Å²) in [5, 5.41) is 23.5. The molecule has 18 heavy (non-hydrogen) atoms. The van der Waals surface area contributed by atoms with Crippen molar-refractivity contribution >= 4 is 34.2 Å². The van der Waals surface area contributed by atoms with Gasteiger partial charge in [0.15, 0.2) is 5.82 Å². The number of carbonyl (C=O) groups is 1. The van der Waals surface area contributed by atoms with Crippen LogP contribution in [-0.4, -0.2) is 30.8 Å². The third-order valence-corrected chi connectivity index (χ3v) is 2.64. The number of halogens is 1. The van der Waals surface area contributed by atoms with Crippen molar-refractivity contribution in [2.24, 2.45) is 0 Å².